The summed E-state index contributed by atoms with van der Waals surface area (Å²) >= 11 is 1.78. The molecule has 0 spiro atoms. The molecule has 0 bridgehead atoms. The monoisotopic (exact) mass is 225 g/mol. The molecule has 2 aromatic rings. The van der Waals surface area contributed by atoms with Crippen LogP contribution in [0, 0.1) is 13.8 Å². The van der Waals surface area contributed by atoms with Crippen molar-refractivity contribution in [2.45, 2.75) is 13.8 Å². The van der Waals surface area contributed by atoms with Crippen molar-refractivity contribution in [3.8, 4) is 5.69 Å². The minimum absolute atomic E-state index is 0. The first-order chi connectivity index (χ1) is 6.27. The molecule has 1 nitrogen and oxygen atoms in total. The van der Waals surface area contributed by atoms with Gasteiger partial charge in [0.2, 0.25) is 5.69 Å². The molecule has 3 heteroatoms. The molecule has 0 N–H and O–H groups in total. The molecule has 0 aliphatic rings. The third kappa shape index (κ3) is 2.14. The Morgan fingerprint density at radius 3 is 2.21 bits per heavy atom. The molecule has 0 unspecified atom stereocenters. The molecule has 2 rings (SSSR count). The maximum absolute atomic E-state index is 2.20. The second-order valence-corrected chi connectivity index (χ2v) is 4.31. The zero-order valence-corrected chi connectivity index (χ0v) is 9.77. The van der Waals surface area contributed by atoms with E-state index in [0.29, 0.717) is 0 Å². The number of halogens is 1. The van der Waals surface area contributed by atoms with Gasteiger partial charge < -0.3 is 12.4 Å². The van der Waals surface area contributed by atoms with Crippen LogP contribution in [0.1, 0.15) is 10.4 Å². The van der Waals surface area contributed by atoms with Gasteiger partial charge in [-0.2, -0.15) is 0 Å². The molecule has 0 aliphatic carbocycles. The lowest BCUT2D eigenvalue weighted by atomic mass is 10.3. The van der Waals surface area contributed by atoms with Gasteiger partial charge in [0.15, 0.2) is 6.20 Å². The summed E-state index contributed by atoms with van der Waals surface area (Å²) in [6.45, 7) is 4.30. The minimum Gasteiger partial charge on any atom is -1.00 e. The number of benzene rings is 1. The highest BCUT2D eigenvalue weighted by Gasteiger charge is 2.11. The van der Waals surface area contributed by atoms with Crippen molar-refractivity contribution in [2.75, 3.05) is 0 Å². The number of aromatic nitrogens is 1. The summed E-state index contributed by atoms with van der Waals surface area (Å²) in [5, 5.41) is 0. The van der Waals surface area contributed by atoms with E-state index in [9.17, 15) is 0 Å². The fraction of sp³-hybridized carbons (Fsp3) is 0.182. The normalized spacial score (nSPS) is 9.57. The standard InChI is InChI=1S/C11H12NS.ClH/c1-9-8-12(13-10(9)2)11-6-4-3-5-7-11;/h3-8H,1-2H3;1H/q+1;/p-1. The molecule has 0 amide bonds. The van der Waals surface area contributed by atoms with E-state index in [4.69, 9.17) is 0 Å². The van der Waals surface area contributed by atoms with Gasteiger partial charge >= 0.3 is 0 Å². The van der Waals surface area contributed by atoms with Crippen molar-refractivity contribution in [1.29, 1.82) is 0 Å². The minimum atomic E-state index is 0. The van der Waals surface area contributed by atoms with Crippen molar-refractivity contribution in [2.24, 2.45) is 0 Å². The summed E-state index contributed by atoms with van der Waals surface area (Å²) in [5.41, 5.74) is 2.59. The Labute approximate surface area is 94.6 Å². The van der Waals surface area contributed by atoms with Gasteiger partial charge in [0.05, 0.1) is 4.88 Å². The molecule has 0 saturated heterocycles. The molecule has 0 radical (unpaired) electrons. The first-order valence-corrected chi connectivity index (χ1v) is 5.09. The number of para-hydroxylation sites is 1. The largest absolute Gasteiger partial charge is 1.00 e. The maximum atomic E-state index is 2.20. The third-order valence-electron chi connectivity index (χ3n) is 2.11. The second-order valence-electron chi connectivity index (χ2n) is 3.12. The van der Waals surface area contributed by atoms with Crippen LogP contribution in [-0.2, 0) is 0 Å². The number of hydrogen-bond donors (Lipinski definition) is 0. The van der Waals surface area contributed by atoms with Gasteiger partial charge in [-0.25, -0.2) is 0 Å². The summed E-state index contributed by atoms with van der Waals surface area (Å²) in [6.07, 6.45) is 2.18. The first-order valence-electron chi connectivity index (χ1n) is 4.32. The van der Waals surface area contributed by atoms with Crippen LogP contribution in [0.3, 0.4) is 0 Å². The lowest BCUT2D eigenvalue weighted by Gasteiger charge is -1.86. The van der Waals surface area contributed by atoms with Crippen LogP contribution in [-0.4, -0.2) is 0 Å². The second kappa shape index (κ2) is 4.58. The highest BCUT2D eigenvalue weighted by molar-refractivity contribution is 7.02. The molecule has 1 aromatic heterocycles. The molecule has 1 aromatic carbocycles. The average molecular weight is 226 g/mol. The smallest absolute Gasteiger partial charge is 0.224 e. The lowest BCUT2D eigenvalue weighted by Crippen LogP contribution is -3.00. The van der Waals surface area contributed by atoms with Crippen molar-refractivity contribution in [3.05, 3.63) is 47.0 Å². The van der Waals surface area contributed by atoms with Crippen molar-refractivity contribution in [3.63, 3.8) is 0 Å². The molecule has 0 fully saturated rings. The van der Waals surface area contributed by atoms with E-state index in [1.165, 1.54) is 16.1 Å². The summed E-state index contributed by atoms with van der Waals surface area (Å²) in [6, 6.07) is 10.4. The average Bonchev–Trinajstić information content (AvgIpc) is 2.49. The van der Waals surface area contributed by atoms with E-state index in [0.717, 1.165) is 0 Å². The Balaban J connectivity index is 0.000000980. The molecule has 0 aliphatic heterocycles. The number of hydrogen-bond acceptors (Lipinski definition) is 1. The molecule has 0 atom stereocenters. The molecular formula is C11H12ClNS. The van der Waals surface area contributed by atoms with E-state index < -0.39 is 0 Å². The van der Waals surface area contributed by atoms with Crippen molar-refractivity contribution >= 4 is 11.5 Å². The predicted molar refractivity (Wildman–Crippen MR) is 55.3 cm³/mol. The Hall–Kier alpha value is -0.860. The number of aryl methyl sites for hydroxylation is 2. The Morgan fingerprint density at radius 2 is 1.71 bits per heavy atom. The van der Waals surface area contributed by atoms with Gasteiger partial charge in [-0.05, 0) is 13.8 Å². The first kappa shape index (κ1) is 11.2. The molecule has 0 saturated carbocycles. The van der Waals surface area contributed by atoms with Crippen molar-refractivity contribution < 1.29 is 16.4 Å². The van der Waals surface area contributed by atoms with E-state index >= 15 is 0 Å². The van der Waals surface area contributed by atoms with Gasteiger partial charge in [-0.1, -0.05) is 18.2 Å². The highest BCUT2D eigenvalue weighted by Crippen LogP contribution is 2.11. The van der Waals surface area contributed by atoms with Crippen LogP contribution >= 0.6 is 11.5 Å². The van der Waals surface area contributed by atoms with Gasteiger partial charge in [-0.15, -0.1) is 3.96 Å². The highest BCUT2D eigenvalue weighted by atomic mass is 35.5. The third-order valence-corrected chi connectivity index (χ3v) is 3.22. The number of rotatable bonds is 1. The van der Waals surface area contributed by atoms with Crippen LogP contribution in [0.25, 0.3) is 5.69 Å². The molecule has 1 heterocycles. The van der Waals surface area contributed by atoms with Crippen LogP contribution in [0.4, 0.5) is 0 Å². The Morgan fingerprint density at radius 1 is 1.07 bits per heavy atom. The molecule has 14 heavy (non-hydrogen) atoms. The quantitative estimate of drug-likeness (QED) is 0.584. The van der Waals surface area contributed by atoms with Gasteiger partial charge in [0.25, 0.3) is 0 Å². The predicted octanol–water partition coefficient (Wildman–Crippen LogP) is -0.354. The zero-order valence-electron chi connectivity index (χ0n) is 8.20. The van der Waals surface area contributed by atoms with Gasteiger partial charge in [-0.3, -0.25) is 0 Å². The Bertz CT molecular complexity index is 389. The van der Waals surface area contributed by atoms with E-state index in [1.54, 1.807) is 11.5 Å². The van der Waals surface area contributed by atoms with Crippen LogP contribution in [0.2, 0.25) is 0 Å². The van der Waals surface area contributed by atoms with E-state index in [-0.39, 0.29) is 12.4 Å². The summed E-state index contributed by atoms with van der Waals surface area (Å²) < 4.78 is 2.20. The van der Waals surface area contributed by atoms with Crippen LogP contribution in [0.15, 0.2) is 36.5 Å². The summed E-state index contributed by atoms with van der Waals surface area (Å²) in [7, 11) is 0. The fourth-order valence-corrected chi connectivity index (χ4v) is 2.14. The maximum Gasteiger partial charge on any atom is 0.224 e. The Kier molecular flexibility index (Phi) is 3.67. The summed E-state index contributed by atoms with van der Waals surface area (Å²) in [4.78, 5) is 1.38. The topological polar surface area (TPSA) is 3.88 Å². The van der Waals surface area contributed by atoms with E-state index in [1.807, 2.05) is 6.07 Å². The van der Waals surface area contributed by atoms with Crippen LogP contribution < -0.4 is 16.4 Å². The van der Waals surface area contributed by atoms with Gasteiger partial charge in [0.1, 0.15) is 11.5 Å². The van der Waals surface area contributed by atoms with E-state index in [2.05, 4.69) is 48.3 Å². The lowest BCUT2D eigenvalue weighted by molar-refractivity contribution is -0.520. The van der Waals surface area contributed by atoms with Crippen molar-refractivity contribution in [1.82, 2.24) is 0 Å². The number of nitrogens with zero attached hydrogens (tertiary/aromatic N) is 1. The molecular weight excluding hydrogens is 214 g/mol. The van der Waals surface area contributed by atoms with Crippen LogP contribution in [0.5, 0.6) is 0 Å². The summed E-state index contributed by atoms with van der Waals surface area (Å²) in [5.74, 6) is 0. The molecule has 74 valence electrons. The SMILES string of the molecule is Cc1c[n+](-c2ccccc2)sc1C.[Cl-]. The van der Waals surface area contributed by atoms with Gasteiger partial charge in [0, 0.05) is 17.7 Å². The zero-order chi connectivity index (χ0) is 9.26. The fourth-order valence-electron chi connectivity index (χ4n) is 1.21.